The maximum absolute atomic E-state index is 12.8. The highest BCUT2D eigenvalue weighted by Crippen LogP contribution is 2.13. The lowest BCUT2D eigenvalue weighted by Crippen LogP contribution is -2.50. The number of carboxylic acid groups (broad SMARTS) is 1. The summed E-state index contributed by atoms with van der Waals surface area (Å²) >= 11 is 0. The molecule has 0 aromatic carbocycles. The van der Waals surface area contributed by atoms with Crippen LogP contribution in [0.15, 0.2) is 85.1 Å². The van der Waals surface area contributed by atoms with Crippen LogP contribution < -0.4 is 0 Å². The van der Waals surface area contributed by atoms with Crippen molar-refractivity contribution in [2.45, 2.75) is 199 Å². The van der Waals surface area contributed by atoms with Crippen molar-refractivity contribution in [2.75, 3.05) is 41.0 Å². The van der Waals surface area contributed by atoms with Gasteiger partial charge in [0.25, 0.3) is 0 Å². The quantitative estimate of drug-likeness (QED) is 0.0282. The van der Waals surface area contributed by atoms with E-state index < -0.39 is 18.1 Å². The molecule has 0 saturated carbocycles. The number of carbonyl (C=O) groups excluding carboxylic acids is 2. The molecule has 8 nitrogen and oxygen atoms in total. The van der Waals surface area contributed by atoms with Crippen LogP contribution >= 0.6 is 0 Å². The summed E-state index contributed by atoms with van der Waals surface area (Å²) in [6.45, 7) is 4.62. The first-order valence-corrected chi connectivity index (χ1v) is 24.6. The molecular formula is C54H92NO7+. The predicted molar refractivity (Wildman–Crippen MR) is 261 cm³/mol. The molecule has 0 spiro atoms. The Labute approximate surface area is 380 Å². The van der Waals surface area contributed by atoms with E-state index in [2.05, 4.69) is 98.9 Å². The number of ether oxygens (including phenoxy) is 3. The summed E-state index contributed by atoms with van der Waals surface area (Å²) in [5.74, 6) is -1.57. The third-order valence-electron chi connectivity index (χ3n) is 10.5. The molecule has 0 fully saturated rings. The van der Waals surface area contributed by atoms with Crippen molar-refractivity contribution in [3.8, 4) is 0 Å². The van der Waals surface area contributed by atoms with Gasteiger partial charge in [-0.3, -0.25) is 9.59 Å². The number of unbranched alkanes of at least 4 members (excludes halogenated alkanes) is 15. The Morgan fingerprint density at radius 3 is 1.34 bits per heavy atom. The predicted octanol–water partition coefficient (Wildman–Crippen LogP) is 14.1. The van der Waals surface area contributed by atoms with Crippen molar-refractivity contribution in [1.82, 2.24) is 0 Å². The molecule has 2 atom stereocenters. The van der Waals surface area contributed by atoms with Gasteiger partial charge in [0.15, 0.2) is 12.1 Å². The molecular weight excluding hydrogens is 775 g/mol. The monoisotopic (exact) mass is 867 g/mol. The van der Waals surface area contributed by atoms with E-state index in [0.29, 0.717) is 19.3 Å². The number of aliphatic carboxylic acids is 1. The van der Waals surface area contributed by atoms with Crippen LogP contribution in [0.1, 0.15) is 187 Å². The first-order valence-electron chi connectivity index (χ1n) is 24.6. The number of quaternary nitrogens is 1. The summed E-state index contributed by atoms with van der Waals surface area (Å²) in [5.41, 5.74) is 0. The van der Waals surface area contributed by atoms with E-state index in [-0.39, 0.29) is 42.7 Å². The van der Waals surface area contributed by atoms with Crippen LogP contribution in [0, 0.1) is 0 Å². The zero-order valence-electron chi connectivity index (χ0n) is 40.3. The lowest BCUT2D eigenvalue weighted by atomic mass is 10.1. The molecule has 8 heteroatoms. The van der Waals surface area contributed by atoms with Gasteiger partial charge in [-0.15, -0.1) is 0 Å². The fourth-order valence-corrected chi connectivity index (χ4v) is 6.68. The van der Waals surface area contributed by atoms with E-state index in [1.54, 1.807) is 0 Å². The van der Waals surface area contributed by atoms with E-state index in [4.69, 9.17) is 14.2 Å². The maximum atomic E-state index is 12.8. The Bertz CT molecular complexity index is 1290. The van der Waals surface area contributed by atoms with Gasteiger partial charge in [-0.1, -0.05) is 163 Å². The Morgan fingerprint density at radius 1 is 0.484 bits per heavy atom. The van der Waals surface area contributed by atoms with Crippen LogP contribution in [0.25, 0.3) is 0 Å². The van der Waals surface area contributed by atoms with Crippen molar-refractivity contribution in [2.24, 2.45) is 0 Å². The van der Waals surface area contributed by atoms with Crippen LogP contribution in [-0.2, 0) is 28.6 Å². The lowest BCUT2D eigenvalue weighted by molar-refractivity contribution is -0.887. The second-order valence-corrected chi connectivity index (χ2v) is 17.4. The number of hydrogen-bond acceptors (Lipinski definition) is 6. The first-order chi connectivity index (χ1) is 30.1. The zero-order valence-corrected chi connectivity index (χ0v) is 40.3. The normalized spacial score (nSPS) is 13.6. The standard InChI is InChI=1S/C54H91NO7/c1-6-8-10-12-14-16-18-20-22-24-25-26-27-29-31-33-35-37-39-41-43-45-53(57)62-50(48-60-47-46-51(54(58)59)55(3,4)5)49-61-52(56)44-42-40-38-36-34-32-30-28-23-21-19-17-15-13-11-9-7-2/h14,16,20-23,25-26,29-32,36,38,50-51H,6-13,15,17-19,24,27-28,33-35,37,39-49H2,1-5H3/p+1/b16-14+,22-20+,23-21+,26-25+,31-29+,32-30+,38-36+. The molecule has 0 rings (SSSR count). The fraction of sp³-hybridized carbons (Fsp3) is 0.685. The molecule has 0 aliphatic rings. The van der Waals surface area contributed by atoms with Crippen LogP contribution in [-0.4, -0.2) is 80.6 Å². The van der Waals surface area contributed by atoms with Crippen molar-refractivity contribution >= 4 is 17.9 Å². The van der Waals surface area contributed by atoms with Gasteiger partial charge in [0, 0.05) is 19.3 Å². The molecule has 1 N–H and O–H groups in total. The van der Waals surface area contributed by atoms with Gasteiger partial charge >= 0.3 is 17.9 Å². The number of carbonyl (C=O) groups is 3. The molecule has 2 unspecified atom stereocenters. The van der Waals surface area contributed by atoms with E-state index in [0.717, 1.165) is 77.0 Å². The van der Waals surface area contributed by atoms with Gasteiger partial charge in [0.2, 0.25) is 0 Å². The molecule has 0 radical (unpaired) electrons. The number of hydrogen-bond donors (Lipinski definition) is 1. The average Bonchev–Trinajstić information content (AvgIpc) is 3.23. The van der Waals surface area contributed by atoms with E-state index in [1.165, 1.54) is 70.6 Å². The van der Waals surface area contributed by atoms with Gasteiger partial charge in [0.05, 0.1) is 34.4 Å². The first kappa shape index (κ1) is 58.5. The van der Waals surface area contributed by atoms with Gasteiger partial charge in [-0.2, -0.15) is 0 Å². The summed E-state index contributed by atoms with van der Waals surface area (Å²) in [4.78, 5) is 37.1. The molecule has 0 saturated heterocycles. The smallest absolute Gasteiger partial charge is 0.362 e. The van der Waals surface area contributed by atoms with E-state index >= 15 is 0 Å². The minimum atomic E-state index is -0.887. The van der Waals surface area contributed by atoms with Crippen molar-refractivity contribution in [3.63, 3.8) is 0 Å². The number of carboxylic acids is 1. The molecule has 0 bridgehead atoms. The topological polar surface area (TPSA) is 99.1 Å². The van der Waals surface area contributed by atoms with Gasteiger partial charge in [-0.25, -0.2) is 4.79 Å². The molecule has 0 aromatic rings. The van der Waals surface area contributed by atoms with Gasteiger partial charge < -0.3 is 23.8 Å². The molecule has 0 heterocycles. The second kappa shape index (κ2) is 44.1. The molecule has 62 heavy (non-hydrogen) atoms. The average molecular weight is 867 g/mol. The molecule has 354 valence electrons. The van der Waals surface area contributed by atoms with Crippen LogP contribution in [0.2, 0.25) is 0 Å². The van der Waals surface area contributed by atoms with Crippen LogP contribution in [0.3, 0.4) is 0 Å². The summed E-state index contributed by atoms with van der Waals surface area (Å²) in [6, 6.07) is -0.631. The Hall–Kier alpha value is -3.49. The Balaban J connectivity index is 4.42. The highest BCUT2D eigenvalue weighted by molar-refractivity contribution is 5.72. The second-order valence-electron chi connectivity index (χ2n) is 17.4. The van der Waals surface area contributed by atoms with Crippen molar-refractivity contribution < 1.29 is 38.2 Å². The largest absolute Gasteiger partial charge is 0.477 e. The highest BCUT2D eigenvalue weighted by atomic mass is 16.6. The fourth-order valence-electron chi connectivity index (χ4n) is 6.68. The van der Waals surface area contributed by atoms with E-state index in [1.807, 2.05) is 21.1 Å². The van der Waals surface area contributed by atoms with Gasteiger partial charge in [-0.05, 0) is 89.9 Å². The summed E-state index contributed by atoms with van der Waals surface area (Å²) in [6.07, 6.45) is 57.8. The molecule has 0 amide bonds. The summed E-state index contributed by atoms with van der Waals surface area (Å²) in [7, 11) is 5.50. The maximum Gasteiger partial charge on any atom is 0.362 e. The minimum Gasteiger partial charge on any atom is -0.477 e. The summed E-state index contributed by atoms with van der Waals surface area (Å²) in [5, 5.41) is 9.64. The third kappa shape index (κ3) is 41.8. The van der Waals surface area contributed by atoms with Gasteiger partial charge in [0.1, 0.15) is 6.61 Å². The minimum absolute atomic E-state index is 0.0329. The molecule has 0 aliphatic heterocycles. The Kier molecular flexibility index (Phi) is 41.6. The number of allylic oxidation sites excluding steroid dienone is 14. The third-order valence-corrected chi connectivity index (χ3v) is 10.5. The lowest BCUT2D eigenvalue weighted by Gasteiger charge is -2.31. The zero-order chi connectivity index (χ0) is 45.6. The SMILES string of the molecule is CCCCC/C=C/C/C=C/C/C=C/C/C=C/CCCCCCCC(=O)OC(COCCC(C(=O)O)[N+](C)(C)C)COC(=O)CCC/C=C/C/C=C/C/C=C/CCCCCCCC. The molecule has 0 aromatic heterocycles. The van der Waals surface area contributed by atoms with Crippen molar-refractivity contribution in [3.05, 3.63) is 85.1 Å². The highest BCUT2D eigenvalue weighted by Gasteiger charge is 2.31. The number of rotatable bonds is 43. The number of nitrogens with zero attached hydrogens (tertiary/aromatic N) is 1. The van der Waals surface area contributed by atoms with E-state index in [9.17, 15) is 19.5 Å². The number of esters is 2. The molecule has 0 aliphatic carbocycles. The Morgan fingerprint density at radius 2 is 0.871 bits per heavy atom. The van der Waals surface area contributed by atoms with Crippen molar-refractivity contribution in [1.29, 1.82) is 0 Å². The van der Waals surface area contributed by atoms with Crippen LogP contribution in [0.4, 0.5) is 0 Å². The number of likely N-dealkylation sites (N-methyl/N-ethyl adjacent to an activating group) is 1. The summed E-state index contributed by atoms with van der Waals surface area (Å²) < 4.78 is 17.3. The van der Waals surface area contributed by atoms with Crippen LogP contribution in [0.5, 0.6) is 0 Å².